The summed E-state index contributed by atoms with van der Waals surface area (Å²) >= 11 is 0. The molecule has 4 nitrogen and oxygen atoms in total. The molecule has 2 aliphatic heterocycles. The van der Waals surface area contributed by atoms with Gasteiger partial charge in [-0.05, 0) is 37.3 Å². The maximum Gasteiger partial charge on any atom is 0.139 e. The Morgan fingerprint density at radius 2 is 2.00 bits per heavy atom. The molecule has 2 heterocycles. The summed E-state index contributed by atoms with van der Waals surface area (Å²) in [7, 11) is 0. The Bertz CT molecular complexity index is 698. The van der Waals surface area contributed by atoms with Gasteiger partial charge in [0.05, 0.1) is 11.6 Å². The molecule has 1 aromatic carbocycles. The minimum atomic E-state index is 0.276. The maximum absolute atomic E-state index is 10.2. The highest BCUT2D eigenvalue weighted by molar-refractivity contribution is 6.02. The van der Waals surface area contributed by atoms with E-state index < -0.39 is 0 Å². The summed E-state index contributed by atoms with van der Waals surface area (Å²) in [5.41, 5.74) is 2.08. The third kappa shape index (κ3) is 2.62. The predicted molar refractivity (Wildman–Crippen MR) is 92.3 cm³/mol. The fourth-order valence-corrected chi connectivity index (χ4v) is 3.69. The van der Waals surface area contributed by atoms with Gasteiger partial charge in [-0.15, -0.1) is 0 Å². The Kier molecular flexibility index (Phi) is 3.60. The van der Waals surface area contributed by atoms with Gasteiger partial charge >= 0.3 is 0 Å². The van der Waals surface area contributed by atoms with Crippen molar-refractivity contribution in [3.63, 3.8) is 0 Å². The molecule has 0 spiro atoms. The number of nitrogens with zero attached hydrogens (tertiary/aromatic N) is 2. The van der Waals surface area contributed by atoms with Crippen LogP contribution >= 0.6 is 0 Å². The average molecular weight is 309 g/mol. The Hall–Kier alpha value is -2.23. The lowest BCUT2D eigenvalue weighted by atomic mass is 9.87. The molecule has 1 aliphatic carbocycles. The first-order valence-corrected chi connectivity index (χ1v) is 8.53. The normalized spacial score (nSPS) is 26.8. The molecule has 2 atom stereocenters. The summed E-state index contributed by atoms with van der Waals surface area (Å²) < 4.78 is 0. The molecule has 4 heteroatoms. The molecule has 2 unspecified atom stereocenters. The Morgan fingerprint density at radius 1 is 1.22 bits per heavy atom. The lowest BCUT2D eigenvalue weighted by Gasteiger charge is -2.35. The van der Waals surface area contributed by atoms with Crippen LogP contribution in [0.2, 0.25) is 0 Å². The molecule has 0 aromatic heterocycles. The van der Waals surface area contributed by atoms with Crippen LogP contribution in [0.1, 0.15) is 31.7 Å². The Morgan fingerprint density at radius 3 is 2.78 bits per heavy atom. The van der Waals surface area contributed by atoms with E-state index in [1.54, 1.807) is 6.07 Å². The van der Waals surface area contributed by atoms with E-state index in [1.807, 2.05) is 18.2 Å². The van der Waals surface area contributed by atoms with Crippen molar-refractivity contribution in [3.8, 4) is 5.75 Å². The summed E-state index contributed by atoms with van der Waals surface area (Å²) in [6.07, 6.45) is 8.05. The van der Waals surface area contributed by atoms with Crippen LogP contribution in [0, 0.1) is 5.92 Å². The summed E-state index contributed by atoms with van der Waals surface area (Å²) in [6, 6.07) is 7.71. The van der Waals surface area contributed by atoms with E-state index in [2.05, 4.69) is 29.3 Å². The van der Waals surface area contributed by atoms with E-state index in [-0.39, 0.29) is 11.8 Å². The van der Waals surface area contributed by atoms with Crippen LogP contribution in [-0.4, -0.2) is 35.0 Å². The number of allylic oxidation sites excluding steroid dienone is 1. The molecular weight excluding hydrogens is 286 g/mol. The first-order valence-electron chi connectivity index (χ1n) is 8.53. The fraction of sp³-hybridized carbons (Fsp3) is 0.421. The fourth-order valence-electron chi connectivity index (χ4n) is 3.69. The van der Waals surface area contributed by atoms with E-state index in [0.717, 1.165) is 36.7 Å². The predicted octanol–water partition coefficient (Wildman–Crippen LogP) is 3.01. The van der Waals surface area contributed by atoms with E-state index in [9.17, 15) is 5.11 Å². The first kappa shape index (κ1) is 14.4. The van der Waals surface area contributed by atoms with Crippen LogP contribution in [0.15, 0.2) is 52.8 Å². The smallest absolute Gasteiger partial charge is 0.139 e. The van der Waals surface area contributed by atoms with E-state index in [4.69, 9.17) is 4.99 Å². The topological polar surface area (TPSA) is 47.9 Å². The lowest BCUT2D eigenvalue weighted by Crippen LogP contribution is -2.44. The number of likely N-dealkylation sites (tertiary alicyclic amines) is 1. The van der Waals surface area contributed by atoms with Gasteiger partial charge in [-0.2, -0.15) is 0 Å². The van der Waals surface area contributed by atoms with Crippen molar-refractivity contribution in [1.82, 2.24) is 10.2 Å². The summed E-state index contributed by atoms with van der Waals surface area (Å²) in [6.45, 7) is 4.40. The average Bonchev–Trinajstić information content (AvgIpc) is 3.08. The number of aliphatic imine (C=N–C) groups is 1. The second-order valence-electron chi connectivity index (χ2n) is 6.72. The van der Waals surface area contributed by atoms with E-state index in [1.165, 1.54) is 18.4 Å². The van der Waals surface area contributed by atoms with Crippen LogP contribution in [0.3, 0.4) is 0 Å². The summed E-state index contributed by atoms with van der Waals surface area (Å²) in [5.74, 6) is 2.72. The number of fused-ring (bicyclic) bond motifs is 1. The zero-order valence-electron chi connectivity index (χ0n) is 13.5. The van der Waals surface area contributed by atoms with Crippen molar-refractivity contribution in [2.75, 3.05) is 13.1 Å². The number of hydrogen-bond acceptors (Lipinski definition) is 4. The molecule has 0 radical (unpaired) electrons. The molecule has 1 fully saturated rings. The monoisotopic (exact) mass is 309 g/mol. The third-order valence-corrected chi connectivity index (χ3v) is 4.94. The second-order valence-corrected chi connectivity index (χ2v) is 6.72. The number of benzene rings is 1. The molecule has 3 aliphatic rings. The van der Waals surface area contributed by atoms with Crippen LogP contribution in [0.4, 0.5) is 0 Å². The van der Waals surface area contributed by atoms with E-state index in [0.29, 0.717) is 5.92 Å². The van der Waals surface area contributed by atoms with Gasteiger partial charge in [0.15, 0.2) is 0 Å². The molecule has 1 saturated heterocycles. The molecule has 0 saturated carbocycles. The van der Waals surface area contributed by atoms with Crippen molar-refractivity contribution in [2.45, 2.75) is 32.2 Å². The van der Waals surface area contributed by atoms with Gasteiger partial charge in [0, 0.05) is 18.7 Å². The van der Waals surface area contributed by atoms with Crippen molar-refractivity contribution in [3.05, 3.63) is 53.4 Å². The summed E-state index contributed by atoms with van der Waals surface area (Å²) in [5, 5.41) is 13.7. The van der Waals surface area contributed by atoms with Gasteiger partial charge in [-0.1, -0.05) is 31.2 Å². The highest BCUT2D eigenvalue weighted by Gasteiger charge is 2.31. The quantitative estimate of drug-likeness (QED) is 0.883. The van der Waals surface area contributed by atoms with E-state index >= 15 is 0 Å². The zero-order chi connectivity index (χ0) is 15.8. The van der Waals surface area contributed by atoms with Gasteiger partial charge < -0.3 is 15.3 Å². The van der Waals surface area contributed by atoms with Gasteiger partial charge in [0.25, 0.3) is 0 Å². The highest BCUT2D eigenvalue weighted by atomic mass is 16.3. The molecule has 2 N–H and O–H groups in total. The number of aromatic hydroxyl groups is 1. The van der Waals surface area contributed by atoms with Crippen LogP contribution in [0.25, 0.3) is 0 Å². The lowest BCUT2D eigenvalue weighted by molar-refractivity contribution is 0.399. The number of phenols is 1. The Balaban J connectivity index is 1.79. The van der Waals surface area contributed by atoms with Crippen LogP contribution in [-0.2, 0) is 0 Å². The van der Waals surface area contributed by atoms with Crippen molar-refractivity contribution in [2.24, 2.45) is 10.9 Å². The number of nitrogens with one attached hydrogen (secondary N) is 1. The molecule has 0 amide bonds. The molecule has 4 rings (SSSR count). The van der Waals surface area contributed by atoms with Crippen molar-refractivity contribution >= 4 is 5.84 Å². The molecule has 0 bridgehead atoms. The number of rotatable bonds is 2. The van der Waals surface area contributed by atoms with Gasteiger partial charge in [-0.25, -0.2) is 4.99 Å². The zero-order valence-corrected chi connectivity index (χ0v) is 13.5. The molecule has 120 valence electrons. The Labute approximate surface area is 137 Å². The minimum absolute atomic E-state index is 0.276. The number of amidine groups is 1. The van der Waals surface area contributed by atoms with Gasteiger partial charge in [-0.3, -0.25) is 0 Å². The number of phenolic OH excluding ortho intramolecular Hbond substituents is 1. The number of hydrogen-bond donors (Lipinski definition) is 2. The van der Waals surface area contributed by atoms with Crippen molar-refractivity contribution < 1.29 is 5.11 Å². The minimum Gasteiger partial charge on any atom is -0.507 e. The molecule has 23 heavy (non-hydrogen) atoms. The standard InChI is InChI=1S/C19H23N3O/c1-13-8-9-14-16(12-13)20-18(15-6-2-3-7-17(15)23)21-19(14)22-10-4-5-11-22/h2-3,6-9,13,16,23H,4-5,10-12H2,1H3,(H,20,21). The highest BCUT2D eigenvalue weighted by Crippen LogP contribution is 2.32. The molecular formula is C19H23N3O. The van der Waals surface area contributed by atoms with Crippen molar-refractivity contribution in [1.29, 1.82) is 0 Å². The maximum atomic E-state index is 10.2. The number of para-hydroxylation sites is 1. The largest absolute Gasteiger partial charge is 0.507 e. The third-order valence-electron chi connectivity index (χ3n) is 4.94. The van der Waals surface area contributed by atoms with Gasteiger partial charge in [0.1, 0.15) is 17.4 Å². The van der Waals surface area contributed by atoms with Crippen LogP contribution in [0.5, 0.6) is 5.75 Å². The second kappa shape index (κ2) is 5.76. The SMILES string of the molecule is CC1C=CC2=C(N3CCCC3)N=C(c3ccccc3O)NC2C1. The summed E-state index contributed by atoms with van der Waals surface area (Å²) in [4.78, 5) is 7.30. The van der Waals surface area contributed by atoms with Crippen LogP contribution < -0.4 is 5.32 Å². The molecule has 1 aromatic rings. The van der Waals surface area contributed by atoms with Gasteiger partial charge in [0.2, 0.25) is 0 Å². The first-order chi connectivity index (χ1) is 11.2.